The van der Waals surface area contributed by atoms with Gasteiger partial charge in [0, 0.05) is 12.2 Å². The van der Waals surface area contributed by atoms with Crippen LogP contribution in [-0.2, 0) is 16.4 Å². The van der Waals surface area contributed by atoms with E-state index in [1.807, 2.05) is 18.2 Å². The van der Waals surface area contributed by atoms with Gasteiger partial charge in [-0.2, -0.15) is 0 Å². The number of hydrogen-bond acceptors (Lipinski definition) is 3. The van der Waals surface area contributed by atoms with Gasteiger partial charge in [0.05, 0.1) is 11.4 Å². The maximum atomic E-state index is 11.9. The van der Waals surface area contributed by atoms with Crippen molar-refractivity contribution < 1.29 is 8.42 Å². The van der Waals surface area contributed by atoms with Crippen molar-refractivity contribution in [2.45, 2.75) is 25.7 Å². The maximum absolute atomic E-state index is 11.9. The van der Waals surface area contributed by atoms with Gasteiger partial charge < -0.3 is 5.32 Å². The molecule has 2 aliphatic rings. The van der Waals surface area contributed by atoms with Gasteiger partial charge in [-0.15, -0.1) is 0 Å². The van der Waals surface area contributed by atoms with E-state index in [-0.39, 0.29) is 5.75 Å². The van der Waals surface area contributed by atoms with Gasteiger partial charge in [0.1, 0.15) is 0 Å². The average Bonchev–Trinajstić information content (AvgIpc) is 3.11. The molecule has 0 aromatic heterocycles. The summed E-state index contributed by atoms with van der Waals surface area (Å²) in [5, 5.41) is 3.31. The Bertz CT molecular complexity index is 550. The molecule has 1 heterocycles. The van der Waals surface area contributed by atoms with Crippen molar-refractivity contribution in [2.75, 3.05) is 22.3 Å². The van der Waals surface area contributed by atoms with Crippen molar-refractivity contribution in [1.29, 1.82) is 0 Å². The largest absolute Gasteiger partial charge is 0.385 e. The number of sulfonamides is 1. The highest BCUT2D eigenvalue weighted by atomic mass is 32.2. The Labute approximate surface area is 108 Å². The summed E-state index contributed by atoms with van der Waals surface area (Å²) in [5.41, 5.74) is 3.00. The molecule has 0 unspecified atom stereocenters. The molecule has 1 aliphatic carbocycles. The Morgan fingerprint density at radius 1 is 1.33 bits per heavy atom. The molecule has 1 saturated carbocycles. The zero-order chi connectivity index (χ0) is 12.6. The van der Waals surface area contributed by atoms with Crippen LogP contribution in [0.1, 0.15) is 24.8 Å². The van der Waals surface area contributed by atoms with Crippen LogP contribution in [-0.4, -0.2) is 20.7 Å². The van der Waals surface area contributed by atoms with Gasteiger partial charge in [-0.3, -0.25) is 4.72 Å². The first-order valence-electron chi connectivity index (χ1n) is 6.50. The first kappa shape index (κ1) is 11.8. The number of benzene rings is 1. The van der Waals surface area contributed by atoms with Gasteiger partial charge in [0.25, 0.3) is 0 Å². The quantitative estimate of drug-likeness (QED) is 0.878. The first-order chi connectivity index (χ1) is 8.62. The van der Waals surface area contributed by atoms with E-state index in [2.05, 4.69) is 10.0 Å². The minimum atomic E-state index is -3.18. The molecule has 1 aromatic carbocycles. The summed E-state index contributed by atoms with van der Waals surface area (Å²) >= 11 is 0. The lowest BCUT2D eigenvalue weighted by atomic mass is 10.0. The van der Waals surface area contributed by atoms with Gasteiger partial charge in [-0.05, 0) is 49.3 Å². The summed E-state index contributed by atoms with van der Waals surface area (Å²) in [5.74, 6) is 0.635. The van der Waals surface area contributed by atoms with Crippen LogP contribution in [0.5, 0.6) is 0 Å². The van der Waals surface area contributed by atoms with Gasteiger partial charge in [-0.25, -0.2) is 8.42 Å². The molecular weight excluding hydrogens is 248 g/mol. The van der Waals surface area contributed by atoms with Gasteiger partial charge in [0.15, 0.2) is 0 Å². The van der Waals surface area contributed by atoms with Crippen LogP contribution < -0.4 is 10.0 Å². The number of anilines is 2. The van der Waals surface area contributed by atoms with E-state index in [1.54, 1.807) is 0 Å². The second-order valence-corrected chi connectivity index (χ2v) is 7.00. The topological polar surface area (TPSA) is 58.2 Å². The minimum Gasteiger partial charge on any atom is -0.385 e. The average molecular weight is 266 g/mol. The lowest BCUT2D eigenvalue weighted by molar-refractivity contribution is 0.597. The molecule has 3 rings (SSSR count). The second-order valence-electron chi connectivity index (χ2n) is 5.23. The van der Waals surface area contributed by atoms with Crippen LogP contribution in [0.2, 0.25) is 0 Å². The highest BCUT2D eigenvalue weighted by Crippen LogP contribution is 2.31. The van der Waals surface area contributed by atoms with Gasteiger partial charge >= 0.3 is 0 Å². The molecule has 18 heavy (non-hydrogen) atoms. The normalized spacial score (nSPS) is 18.9. The van der Waals surface area contributed by atoms with E-state index >= 15 is 0 Å². The lowest BCUT2D eigenvalue weighted by Gasteiger charge is -2.19. The van der Waals surface area contributed by atoms with E-state index in [4.69, 9.17) is 0 Å². The third-order valence-electron chi connectivity index (χ3n) is 3.47. The number of rotatable bonds is 4. The highest BCUT2D eigenvalue weighted by molar-refractivity contribution is 7.92. The molecule has 4 nitrogen and oxygen atoms in total. The Hall–Kier alpha value is -1.23. The summed E-state index contributed by atoms with van der Waals surface area (Å²) in [7, 11) is -3.18. The monoisotopic (exact) mass is 266 g/mol. The fourth-order valence-corrected chi connectivity index (χ4v) is 3.86. The highest BCUT2D eigenvalue weighted by Gasteiger charge is 2.28. The van der Waals surface area contributed by atoms with Crippen LogP contribution in [0.3, 0.4) is 0 Å². The van der Waals surface area contributed by atoms with Crippen molar-refractivity contribution in [3.05, 3.63) is 23.8 Å². The molecule has 1 aliphatic heterocycles. The third-order valence-corrected chi connectivity index (χ3v) is 4.93. The Balaban J connectivity index is 1.75. The SMILES string of the molecule is O=S(=O)(CC1CC1)Nc1ccc2c(c1)NCCC2. The molecule has 0 atom stereocenters. The van der Waals surface area contributed by atoms with E-state index in [9.17, 15) is 8.42 Å². The summed E-state index contributed by atoms with van der Waals surface area (Å²) in [6, 6.07) is 5.77. The fourth-order valence-electron chi connectivity index (χ4n) is 2.34. The molecule has 0 saturated heterocycles. The van der Waals surface area contributed by atoms with Crippen molar-refractivity contribution in [3.63, 3.8) is 0 Å². The summed E-state index contributed by atoms with van der Waals surface area (Å²) < 4.78 is 26.4. The van der Waals surface area contributed by atoms with E-state index < -0.39 is 10.0 Å². The second kappa shape index (κ2) is 4.46. The molecule has 5 heteroatoms. The third kappa shape index (κ3) is 2.77. The number of nitrogens with one attached hydrogen (secondary N) is 2. The fraction of sp³-hybridized carbons (Fsp3) is 0.538. The Morgan fingerprint density at radius 2 is 2.17 bits per heavy atom. The standard InChI is InChI=1S/C13H18N2O2S/c16-18(17,9-10-3-4-10)15-12-6-5-11-2-1-7-14-13(11)8-12/h5-6,8,10,14-15H,1-4,7,9H2. The molecule has 98 valence electrons. The number of fused-ring (bicyclic) bond motifs is 1. The van der Waals surface area contributed by atoms with Gasteiger partial charge in [0.2, 0.25) is 10.0 Å². The summed E-state index contributed by atoms with van der Waals surface area (Å²) in [4.78, 5) is 0. The predicted octanol–water partition coefficient (Wildman–Crippen LogP) is 2.20. The van der Waals surface area contributed by atoms with Crippen LogP contribution in [0.4, 0.5) is 11.4 Å². The molecule has 1 aromatic rings. The molecule has 0 bridgehead atoms. The molecule has 0 radical (unpaired) electrons. The van der Waals surface area contributed by atoms with E-state index in [0.717, 1.165) is 37.9 Å². The van der Waals surface area contributed by atoms with Crippen LogP contribution in [0.25, 0.3) is 0 Å². The smallest absolute Gasteiger partial charge is 0.232 e. The van der Waals surface area contributed by atoms with Crippen LogP contribution in [0, 0.1) is 5.92 Å². The zero-order valence-corrected chi connectivity index (χ0v) is 11.1. The molecule has 2 N–H and O–H groups in total. The van der Waals surface area contributed by atoms with Crippen molar-refractivity contribution in [1.82, 2.24) is 0 Å². The molecule has 1 fully saturated rings. The van der Waals surface area contributed by atoms with Crippen LogP contribution in [0.15, 0.2) is 18.2 Å². The summed E-state index contributed by atoms with van der Waals surface area (Å²) in [6.07, 6.45) is 4.30. The van der Waals surface area contributed by atoms with Crippen molar-refractivity contribution in [2.24, 2.45) is 5.92 Å². The summed E-state index contributed by atoms with van der Waals surface area (Å²) in [6.45, 7) is 0.964. The number of aryl methyl sites for hydroxylation is 1. The first-order valence-corrected chi connectivity index (χ1v) is 8.15. The van der Waals surface area contributed by atoms with Gasteiger partial charge in [-0.1, -0.05) is 6.07 Å². The Kier molecular flexibility index (Phi) is 2.93. The Morgan fingerprint density at radius 3 is 2.94 bits per heavy atom. The van der Waals surface area contributed by atoms with E-state index in [1.165, 1.54) is 5.56 Å². The molecule has 0 spiro atoms. The zero-order valence-electron chi connectivity index (χ0n) is 10.3. The number of hydrogen-bond donors (Lipinski definition) is 2. The predicted molar refractivity (Wildman–Crippen MR) is 73.4 cm³/mol. The minimum absolute atomic E-state index is 0.261. The van der Waals surface area contributed by atoms with Crippen LogP contribution >= 0.6 is 0 Å². The van der Waals surface area contributed by atoms with Crippen molar-refractivity contribution in [3.8, 4) is 0 Å². The molecular formula is C13H18N2O2S. The lowest BCUT2D eigenvalue weighted by Crippen LogP contribution is -2.18. The van der Waals surface area contributed by atoms with E-state index in [0.29, 0.717) is 11.6 Å². The maximum Gasteiger partial charge on any atom is 0.232 e. The van der Waals surface area contributed by atoms with Crippen molar-refractivity contribution >= 4 is 21.4 Å². The molecule has 0 amide bonds.